The summed E-state index contributed by atoms with van der Waals surface area (Å²) < 4.78 is 5.30. The Bertz CT molecular complexity index is 666. The van der Waals surface area contributed by atoms with Crippen LogP contribution < -0.4 is 10.1 Å². The van der Waals surface area contributed by atoms with E-state index in [0.717, 1.165) is 37.7 Å². The predicted molar refractivity (Wildman–Crippen MR) is 104 cm³/mol. The molecule has 1 amide bonds. The average Bonchev–Trinajstić information content (AvgIpc) is 2.67. The van der Waals surface area contributed by atoms with Crippen molar-refractivity contribution in [1.82, 2.24) is 10.2 Å². The maximum absolute atomic E-state index is 12.4. The molecule has 0 bridgehead atoms. The Morgan fingerprint density at radius 1 is 1.37 bits per heavy atom. The van der Waals surface area contributed by atoms with Crippen LogP contribution in [0.5, 0.6) is 11.5 Å². The van der Waals surface area contributed by atoms with E-state index in [-0.39, 0.29) is 23.6 Å². The first-order valence-corrected chi connectivity index (χ1v) is 10.1. The molecule has 0 spiro atoms. The Morgan fingerprint density at radius 3 is 2.93 bits per heavy atom. The molecule has 3 unspecified atom stereocenters. The highest BCUT2D eigenvalue weighted by Gasteiger charge is 2.49. The highest BCUT2D eigenvalue weighted by atomic mass is 16.5. The summed E-state index contributed by atoms with van der Waals surface area (Å²) in [5.41, 5.74) is 0.308. The summed E-state index contributed by atoms with van der Waals surface area (Å²) in [6, 6.07) is 5.31. The number of carbonyl (C=O) groups is 1. The number of methoxy groups -OCH3 is 1. The Labute approximate surface area is 161 Å². The molecule has 1 aromatic rings. The molecule has 3 N–H and O–H groups in total. The first-order chi connectivity index (χ1) is 13.0. The van der Waals surface area contributed by atoms with Gasteiger partial charge in [-0.25, -0.2) is 0 Å². The molecule has 3 rings (SSSR count). The number of rotatable bonds is 6. The lowest BCUT2D eigenvalue weighted by atomic mass is 9.66. The van der Waals surface area contributed by atoms with Crippen LogP contribution in [0.3, 0.4) is 0 Å². The zero-order valence-corrected chi connectivity index (χ0v) is 16.4. The fourth-order valence-corrected chi connectivity index (χ4v) is 4.75. The number of carbonyl (C=O) groups excluding carboxylic acids is 1. The largest absolute Gasteiger partial charge is 0.504 e. The number of ether oxygens (including phenoxy) is 1. The van der Waals surface area contributed by atoms with E-state index in [4.69, 9.17) is 4.74 Å². The van der Waals surface area contributed by atoms with E-state index in [1.54, 1.807) is 6.07 Å². The fourth-order valence-electron chi connectivity index (χ4n) is 4.75. The van der Waals surface area contributed by atoms with E-state index < -0.39 is 5.60 Å². The second-order valence-corrected chi connectivity index (χ2v) is 7.90. The minimum atomic E-state index is -0.676. The van der Waals surface area contributed by atoms with Crippen LogP contribution in [0.25, 0.3) is 0 Å². The van der Waals surface area contributed by atoms with Gasteiger partial charge in [-0.3, -0.25) is 9.69 Å². The van der Waals surface area contributed by atoms with Crippen LogP contribution in [0.2, 0.25) is 0 Å². The standard InChI is InChI=1S/C21H32N2O4/c1-3-11-22-19(25)14-23-12-10-21(26)9-5-4-6-16(21)20(23)15-7-8-17(24)18(13-15)27-2/h7-8,13,16,20,24,26H,3-6,9-12,14H2,1-2H3,(H,22,25). The number of amides is 1. The number of phenols is 1. The second kappa shape index (κ2) is 8.48. The van der Waals surface area contributed by atoms with Gasteiger partial charge in [-0.2, -0.15) is 0 Å². The number of fused-ring (bicyclic) bond motifs is 1. The van der Waals surface area contributed by atoms with Crippen molar-refractivity contribution in [1.29, 1.82) is 0 Å². The molecular formula is C21H32N2O4. The molecule has 1 aromatic carbocycles. The number of nitrogens with zero attached hydrogens (tertiary/aromatic N) is 1. The molecule has 0 radical (unpaired) electrons. The van der Waals surface area contributed by atoms with Crippen LogP contribution in [0.4, 0.5) is 0 Å². The Kier molecular flexibility index (Phi) is 6.27. The summed E-state index contributed by atoms with van der Waals surface area (Å²) in [5, 5.41) is 24.2. The Hall–Kier alpha value is -1.79. The van der Waals surface area contributed by atoms with Gasteiger partial charge >= 0.3 is 0 Å². The molecule has 27 heavy (non-hydrogen) atoms. The highest BCUT2D eigenvalue weighted by Crippen LogP contribution is 2.49. The molecule has 1 heterocycles. The summed E-state index contributed by atoms with van der Waals surface area (Å²) in [6.07, 6.45) is 5.51. The van der Waals surface area contributed by atoms with E-state index in [1.807, 2.05) is 19.1 Å². The number of hydrogen-bond donors (Lipinski definition) is 3. The van der Waals surface area contributed by atoms with Gasteiger partial charge in [-0.1, -0.05) is 25.8 Å². The first-order valence-electron chi connectivity index (χ1n) is 10.1. The van der Waals surface area contributed by atoms with Crippen molar-refractivity contribution >= 4 is 5.91 Å². The topological polar surface area (TPSA) is 82.0 Å². The van der Waals surface area contributed by atoms with Gasteiger partial charge in [0.1, 0.15) is 0 Å². The molecule has 1 aliphatic heterocycles. The first kappa shape index (κ1) is 20.0. The molecule has 3 atom stereocenters. The highest BCUT2D eigenvalue weighted by molar-refractivity contribution is 5.78. The average molecular weight is 376 g/mol. The van der Waals surface area contributed by atoms with Crippen molar-refractivity contribution in [3.05, 3.63) is 23.8 Å². The number of phenolic OH excluding ortho intramolecular Hbond substituents is 1. The van der Waals surface area contributed by atoms with Crippen molar-refractivity contribution in [2.45, 2.75) is 57.1 Å². The third-order valence-corrected chi connectivity index (χ3v) is 6.14. The molecule has 1 saturated carbocycles. The van der Waals surface area contributed by atoms with Crippen LogP contribution in [0.15, 0.2) is 18.2 Å². The SMILES string of the molecule is CCCNC(=O)CN1CCC2(O)CCCCC2C1c1ccc(O)c(OC)c1. The van der Waals surface area contributed by atoms with Gasteiger partial charge in [-0.15, -0.1) is 0 Å². The molecule has 0 aromatic heterocycles. The minimum Gasteiger partial charge on any atom is -0.504 e. The number of likely N-dealkylation sites (tertiary alicyclic amines) is 1. The van der Waals surface area contributed by atoms with Gasteiger partial charge in [0.15, 0.2) is 11.5 Å². The summed E-state index contributed by atoms with van der Waals surface area (Å²) in [6.45, 7) is 3.72. The van der Waals surface area contributed by atoms with Crippen LogP contribution in [0.1, 0.15) is 57.1 Å². The Balaban J connectivity index is 1.91. The fraction of sp³-hybridized carbons (Fsp3) is 0.667. The lowest BCUT2D eigenvalue weighted by Crippen LogP contribution is -2.56. The van der Waals surface area contributed by atoms with Crippen molar-refractivity contribution in [2.24, 2.45) is 5.92 Å². The van der Waals surface area contributed by atoms with E-state index in [1.165, 1.54) is 7.11 Å². The lowest BCUT2D eigenvalue weighted by molar-refractivity contribution is -0.137. The smallest absolute Gasteiger partial charge is 0.234 e. The van der Waals surface area contributed by atoms with E-state index in [9.17, 15) is 15.0 Å². The van der Waals surface area contributed by atoms with E-state index in [0.29, 0.717) is 31.8 Å². The summed E-state index contributed by atoms with van der Waals surface area (Å²) in [7, 11) is 1.53. The van der Waals surface area contributed by atoms with Crippen LogP contribution in [-0.4, -0.2) is 53.4 Å². The zero-order valence-electron chi connectivity index (χ0n) is 16.4. The maximum atomic E-state index is 12.4. The van der Waals surface area contributed by atoms with Crippen molar-refractivity contribution < 1.29 is 19.7 Å². The molecule has 150 valence electrons. The molecule has 6 nitrogen and oxygen atoms in total. The van der Waals surface area contributed by atoms with Crippen LogP contribution >= 0.6 is 0 Å². The number of hydrogen-bond acceptors (Lipinski definition) is 5. The van der Waals surface area contributed by atoms with Crippen LogP contribution in [-0.2, 0) is 4.79 Å². The van der Waals surface area contributed by atoms with Crippen molar-refractivity contribution in [3.8, 4) is 11.5 Å². The van der Waals surface area contributed by atoms with Gasteiger partial charge in [0.05, 0.1) is 19.3 Å². The number of benzene rings is 1. The summed E-state index contributed by atoms with van der Waals surface area (Å²) >= 11 is 0. The Morgan fingerprint density at radius 2 is 2.19 bits per heavy atom. The molecule has 2 fully saturated rings. The normalized spacial score (nSPS) is 28.4. The van der Waals surface area contributed by atoms with Gasteiger partial charge in [-0.05, 0) is 43.4 Å². The molecular weight excluding hydrogens is 344 g/mol. The predicted octanol–water partition coefficient (Wildman–Crippen LogP) is 2.60. The number of aromatic hydroxyl groups is 1. The molecule has 6 heteroatoms. The van der Waals surface area contributed by atoms with Crippen molar-refractivity contribution in [2.75, 3.05) is 26.7 Å². The van der Waals surface area contributed by atoms with Gasteiger partial charge < -0.3 is 20.3 Å². The molecule has 1 saturated heterocycles. The summed E-state index contributed by atoms with van der Waals surface area (Å²) in [5.74, 6) is 0.623. The van der Waals surface area contributed by atoms with Crippen molar-refractivity contribution in [3.63, 3.8) is 0 Å². The third-order valence-electron chi connectivity index (χ3n) is 6.14. The quantitative estimate of drug-likeness (QED) is 0.711. The number of piperidine rings is 1. The van der Waals surface area contributed by atoms with Crippen LogP contribution in [0, 0.1) is 5.92 Å². The van der Waals surface area contributed by atoms with Gasteiger partial charge in [0, 0.05) is 25.0 Å². The van der Waals surface area contributed by atoms with Gasteiger partial charge in [0.2, 0.25) is 5.91 Å². The zero-order chi connectivity index (χ0) is 19.4. The maximum Gasteiger partial charge on any atom is 0.234 e. The minimum absolute atomic E-state index is 0.0221. The molecule has 1 aliphatic carbocycles. The second-order valence-electron chi connectivity index (χ2n) is 7.90. The molecule has 2 aliphatic rings. The summed E-state index contributed by atoms with van der Waals surface area (Å²) in [4.78, 5) is 14.6. The lowest BCUT2D eigenvalue weighted by Gasteiger charge is -2.52. The van der Waals surface area contributed by atoms with E-state index >= 15 is 0 Å². The number of aliphatic hydroxyl groups is 1. The van der Waals surface area contributed by atoms with E-state index in [2.05, 4.69) is 10.2 Å². The third kappa shape index (κ3) is 4.22. The monoisotopic (exact) mass is 376 g/mol. The van der Waals surface area contributed by atoms with Gasteiger partial charge in [0.25, 0.3) is 0 Å². The number of nitrogens with one attached hydrogen (secondary N) is 1.